The molecule has 0 fully saturated rings. The predicted octanol–water partition coefficient (Wildman–Crippen LogP) is 1.10. The lowest BCUT2D eigenvalue weighted by atomic mass is 10.2. The first-order valence-corrected chi connectivity index (χ1v) is 3.61. The molecule has 0 spiro atoms. The second-order valence-corrected chi connectivity index (χ2v) is 3.38. The fourth-order valence-electron chi connectivity index (χ4n) is 0.457. The van der Waals surface area contributed by atoms with Gasteiger partial charge in [-0.25, -0.2) is 4.79 Å². The first kappa shape index (κ1) is 10.4. The Labute approximate surface area is 68.1 Å². The summed E-state index contributed by atoms with van der Waals surface area (Å²) in [5.74, 6) is -0.292. The summed E-state index contributed by atoms with van der Waals surface area (Å²) in [7, 11) is 1.69. The summed E-state index contributed by atoms with van der Waals surface area (Å²) in [4.78, 5) is 11.1. The van der Waals surface area contributed by atoms with E-state index in [2.05, 4.69) is 5.32 Å². The lowest BCUT2D eigenvalue weighted by Gasteiger charge is -2.21. The van der Waals surface area contributed by atoms with Crippen LogP contribution in [0.15, 0.2) is 0 Å². The molecule has 1 radical (unpaired) electrons. The van der Waals surface area contributed by atoms with Gasteiger partial charge in [-0.1, -0.05) is 0 Å². The molecule has 0 heterocycles. The van der Waals surface area contributed by atoms with Gasteiger partial charge in [-0.05, 0) is 34.7 Å². The molecular formula is C8H16NO2. The van der Waals surface area contributed by atoms with Crippen LogP contribution >= 0.6 is 0 Å². The molecule has 0 atom stereocenters. The van der Waals surface area contributed by atoms with Crippen molar-refractivity contribution in [3.8, 4) is 0 Å². The average Bonchev–Trinajstić information content (AvgIpc) is 1.82. The largest absolute Gasteiger partial charge is 0.459 e. The molecule has 0 unspecified atom stereocenters. The SMILES string of the molecule is CN[C](C)C(=O)OC(C)(C)C. The predicted molar refractivity (Wildman–Crippen MR) is 43.8 cm³/mol. The minimum Gasteiger partial charge on any atom is -0.459 e. The van der Waals surface area contributed by atoms with Gasteiger partial charge < -0.3 is 10.1 Å². The van der Waals surface area contributed by atoms with Crippen LogP contribution in [0.25, 0.3) is 0 Å². The Bertz CT molecular complexity index is 138. The van der Waals surface area contributed by atoms with Crippen molar-refractivity contribution in [3.05, 3.63) is 6.04 Å². The Kier molecular flexibility index (Phi) is 3.52. The first-order valence-electron chi connectivity index (χ1n) is 3.61. The lowest BCUT2D eigenvalue weighted by molar-refractivity contribution is -0.152. The zero-order chi connectivity index (χ0) is 9.07. The summed E-state index contributed by atoms with van der Waals surface area (Å²) in [6, 6.07) is 0.528. The third-order valence-electron chi connectivity index (χ3n) is 1.08. The van der Waals surface area contributed by atoms with Crippen LogP contribution in [0.4, 0.5) is 0 Å². The second kappa shape index (κ2) is 3.72. The molecule has 11 heavy (non-hydrogen) atoms. The summed E-state index contributed by atoms with van der Waals surface area (Å²) >= 11 is 0. The zero-order valence-corrected chi connectivity index (χ0v) is 7.82. The third kappa shape index (κ3) is 4.79. The topological polar surface area (TPSA) is 38.3 Å². The lowest BCUT2D eigenvalue weighted by Crippen LogP contribution is -2.31. The van der Waals surface area contributed by atoms with E-state index in [1.165, 1.54) is 0 Å². The van der Waals surface area contributed by atoms with Gasteiger partial charge in [-0.2, -0.15) is 0 Å². The van der Waals surface area contributed by atoms with Crippen molar-refractivity contribution in [2.45, 2.75) is 33.3 Å². The Balaban J connectivity index is 3.88. The maximum atomic E-state index is 11.1. The maximum Gasteiger partial charge on any atom is 0.329 e. The minimum absolute atomic E-state index is 0.292. The highest BCUT2D eigenvalue weighted by molar-refractivity contribution is 5.83. The van der Waals surface area contributed by atoms with Gasteiger partial charge >= 0.3 is 5.97 Å². The fraction of sp³-hybridized carbons (Fsp3) is 0.750. The van der Waals surface area contributed by atoms with Gasteiger partial charge in [0.05, 0.1) is 0 Å². The van der Waals surface area contributed by atoms with E-state index in [0.29, 0.717) is 6.04 Å². The molecule has 0 bridgehead atoms. The van der Waals surface area contributed by atoms with Crippen LogP contribution in [0.3, 0.4) is 0 Å². The van der Waals surface area contributed by atoms with E-state index < -0.39 is 5.60 Å². The van der Waals surface area contributed by atoms with Crippen molar-refractivity contribution in [1.82, 2.24) is 5.32 Å². The molecule has 0 rings (SSSR count). The highest BCUT2D eigenvalue weighted by atomic mass is 16.6. The van der Waals surface area contributed by atoms with Gasteiger partial charge in [0, 0.05) is 0 Å². The van der Waals surface area contributed by atoms with Crippen molar-refractivity contribution < 1.29 is 9.53 Å². The van der Waals surface area contributed by atoms with Crippen molar-refractivity contribution in [3.63, 3.8) is 0 Å². The van der Waals surface area contributed by atoms with E-state index in [1.807, 2.05) is 20.8 Å². The molecule has 0 aromatic rings. The van der Waals surface area contributed by atoms with E-state index in [9.17, 15) is 4.79 Å². The van der Waals surface area contributed by atoms with Crippen LogP contribution in [0, 0.1) is 6.04 Å². The van der Waals surface area contributed by atoms with Crippen LogP contribution in [0.2, 0.25) is 0 Å². The van der Waals surface area contributed by atoms with Gasteiger partial charge in [-0.3, -0.25) is 0 Å². The summed E-state index contributed by atoms with van der Waals surface area (Å²) in [6.07, 6.45) is 0. The van der Waals surface area contributed by atoms with Gasteiger partial charge in [0.2, 0.25) is 0 Å². The molecule has 0 aliphatic heterocycles. The van der Waals surface area contributed by atoms with Crippen LogP contribution in [-0.4, -0.2) is 18.6 Å². The number of carbonyl (C=O) groups is 1. The number of rotatable bonds is 2. The van der Waals surface area contributed by atoms with Gasteiger partial charge in [0.1, 0.15) is 11.6 Å². The minimum atomic E-state index is -0.408. The molecule has 0 saturated carbocycles. The van der Waals surface area contributed by atoms with E-state index in [0.717, 1.165) is 0 Å². The Morgan fingerprint density at radius 3 is 2.09 bits per heavy atom. The standard InChI is InChI=1S/C8H16NO2/c1-6(9-5)7(10)11-8(2,3)4/h9H,1-5H3. The Hall–Kier alpha value is -0.570. The van der Waals surface area contributed by atoms with E-state index in [-0.39, 0.29) is 5.97 Å². The Morgan fingerprint density at radius 1 is 1.36 bits per heavy atom. The zero-order valence-electron chi connectivity index (χ0n) is 7.82. The first-order chi connectivity index (χ1) is 4.87. The molecule has 65 valence electrons. The van der Waals surface area contributed by atoms with E-state index in [1.54, 1.807) is 14.0 Å². The Morgan fingerprint density at radius 2 is 1.82 bits per heavy atom. The number of carbonyl (C=O) groups excluding carboxylic acids is 1. The average molecular weight is 158 g/mol. The van der Waals surface area contributed by atoms with Crippen LogP contribution < -0.4 is 5.32 Å². The number of esters is 1. The van der Waals surface area contributed by atoms with Crippen LogP contribution in [0.1, 0.15) is 27.7 Å². The summed E-state index contributed by atoms with van der Waals surface area (Å²) in [5, 5.41) is 2.73. The number of hydrogen-bond acceptors (Lipinski definition) is 3. The number of likely N-dealkylation sites (N-methyl/N-ethyl adjacent to an activating group) is 1. The molecule has 0 aromatic heterocycles. The third-order valence-corrected chi connectivity index (χ3v) is 1.08. The molecule has 0 aliphatic rings. The molecule has 0 amide bonds. The van der Waals surface area contributed by atoms with Crippen molar-refractivity contribution in [1.29, 1.82) is 0 Å². The molecule has 3 heteroatoms. The molecule has 1 N–H and O–H groups in total. The smallest absolute Gasteiger partial charge is 0.329 e. The molecular weight excluding hydrogens is 142 g/mol. The molecule has 0 aliphatic carbocycles. The fourth-order valence-corrected chi connectivity index (χ4v) is 0.457. The van der Waals surface area contributed by atoms with Crippen molar-refractivity contribution in [2.75, 3.05) is 7.05 Å². The number of nitrogens with one attached hydrogen (secondary N) is 1. The van der Waals surface area contributed by atoms with Gasteiger partial charge in [-0.15, -0.1) is 0 Å². The van der Waals surface area contributed by atoms with E-state index >= 15 is 0 Å². The van der Waals surface area contributed by atoms with Crippen LogP contribution in [0.5, 0.6) is 0 Å². The summed E-state index contributed by atoms with van der Waals surface area (Å²) < 4.78 is 5.05. The summed E-state index contributed by atoms with van der Waals surface area (Å²) in [6.45, 7) is 7.21. The second-order valence-electron chi connectivity index (χ2n) is 3.38. The number of ether oxygens (including phenoxy) is 1. The van der Waals surface area contributed by atoms with Crippen molar-refractivity contribution in [2.24, 2.45) is 0 Å². The van der Waals surface area contributed by atoms with Crippen LogP contribution in [-0.2, 0) is 9.53 Å². The van der Waals surface area contributed by atoms with Gasteiger partial charge in [0.25, 0.3) is 0 Å². The molecule has 0 aromatic carbocycles. The highest BCUT2D eigenvalue weighted by Crippen LogP contribution is 2.09. The summed E-state index contributed by atoms with van der Waals surface area (Å²) in [5.41, 5.74) is -0.408. The molecule has 3 nitrogen and oxygen atoms in total. The quantitative estimate of drug-likeness (QED) is 0.611. The number of hydrogen-bond donors (Lipinski definition) is 1. The highest BCUT2D eigenvalue weighted by Gasteiger charge is 2.20. The van der Waals surface area contributed by atoms with Crippen molar-refractivity contribution >= 4 is 5.97 Å². The monoisotopic (exact) mass is 158 g/mol. The normalized spacial score (nSPS) is 11.8. The maximum absolute atomic E-state index is 11.1. The molecule has 0 saturated heterocycles. The van der Waals surface area contributed by atoms with E-state index in [4.69, 9.17) is 4.74 Å². The van der Waals surface area contributed by atoms with Gasteiger partial charge in [0.15, 0.2) is 0 Å².